The number of hydrogen-bond acceptors (Lipinski definition) is 6. The van der Waals surface area contributed by atoms with E-state index in [1.54, 1.807) is 32.2 Å². The summed E-state index contributed by atoms with van der Waals surface area (Å²) in [4.78, 5) is 12.6. The molecule has 2 aromatic heterocycles. The number of amides is 1. The molecule has 0 unspecified atom stereocenters. The van der Waals surface area contributed by atoms with Crippen molar-refractivity contribution in [2.75, 3.05) is 13.1 Å². The highest BCUT2D eigenvalue weighted by Gasteiger charge is 2.20. The van der Waals surface area contributed by atoms with E-state index in [0.717, 1.165) is 37.1 Å². The summed E-state index contributed by atoms with van der Waals surface area (Å²) in [5, 5.41) is 10.3. The molecule has 0 aliphatic carbocycles. The van der Waals surface area contributed by atoms with Crippen molar-refractivity contribution in [3.8, 4) is 17.1 Å². The number of piperidine rings is 1. The summed E-state index contributed by atoms with van der Waals surface area (Å²) < 4.78 is 25.8. The molecule has 1 fully saturated rings. The molecular formula is C21H24FN5O3. The first-order chi connectivity index (χ1) is 14.5. The van der Waals surface area contributed by atoms with Crippen LogP contribution in [0.3, 0.4) is 0 Å². The van der Waals surface area contributed by atoms with Gasteiger partial charge in [-0.15, -0.1) is 5.10 Å². The van der Waals surface area contributed by atoms with Gasteiger partial charge in [0.05, 0.1) is 5.56 Å². The predicted molar refractivity (Wildman–Crippen MR) is 107 cm³/mol. The topological polar surface area (TPSA) is 85.4 Å². The molecule has 158 valence electrons. The molecule has 1 aliphatic rings. The van der Waals surface area contributed by atoms with E-state index in [1.165, 1.54) is 23.2 Å². The second kappa shape index (κ2) is 8.66. The maximum atomic E-state index is 13.2. The van der Waals surface area contributed by atoms with E-state index in [0.29, 0.717) is 23.0 Å². The molecule has 3 heterocycles. The number of halogens is 1. The fourth-order valence-corrected chi connectivity index (χ4v) is 3.47. The van der Waals surface area contributed by atoms with E-state index in [9.17, 15) is 9.18 Å². The van der Waals surface area contributed by atoms with Crippen molar-refractivity contribution >= 4 is 5.91 Å². The molecule has 0 radical (unpaired) electrons. The molecule has 8 nitrogen and oxygen atoms in total. The van der Waals surface area contributed by atoms with Crippen molar-refractivity contribution in [1.29, 1.82) is 0 Å². The number of nitrogens with zero attached hydrogens (tertiary/aromatic N) is 4. The summed E-state index contributed by atoms with van der Waals surface area (Å²) in [6.07, 6.45) is 3.35. The molecule has 0 atom stereocenters. The minimum Gasteiger partial charge on any atom is -0.471 e. The monoisotopic (exact) mass is 413 g/mol. The van der Waals surface area contributed by atoms with Gasteiger partial charge in [-0.05, 0) is 44.0 Å². The van der Waals surface area contributed by atoms with Gasteiger partial charge in [0.15, 0.2) is 0 Å². The molecule has 1 amide bonds. The van der Waals surface area contributed by atoms with Crippen LogP contribution in [0.2, 0.25) is 0 Å². The van der Waals surface area contributed by atoms with Crippen molar-refractivity contribution in [2.45, 2.75) is 32.8 Å². The fraction of sp³-hybridized carbons (Fsp3) is 0.381. The molecule has 1 aliphatic heterocycles. The number of hydrazine groups is 1. The van der Waals surface area contributed by atoms with E-state index < -0.39 is 0 Å². The van der Waals surface area contributed by atoms with Crippen LogP contribution in [0, 0.1) is 12.7 Å². The maximum Gasteiger partial charge on any atom is 0.283 e. The van der Waals surface area contributed by atoms with Crippen LogP contribution in [0.4, 0.5) is 4.39 Å². The normalized spacial score (nSPS) is 14.6. The first-order valence-electron chi connectivity index (χ1n) is 9.95. The zero-order chi connectivity index (χ0) is 21.1. The van der Waals surface area contributed by atoms with Gasteiger partial charge in [0.2, 0.25) is 5.88 Å². The number of ether oxygens (including phenoxy) is 1. The highest BCUT2D eigenvalue weighted by atomic mass is 19.1. The summed E-state index contributed by atoms with van der Waals surface area (Å²) in [7, 11) is 1.70. The Morgan fingerprint density at radius 1 is 1.23 bits per heavy atom. The number of nitrogens with one attached hydrogen (secondary N) is 1. The fourth-order valence-electron chi connectivity index (χ4n) is 3.47. The maximum absolute atomic E-state index is 13.2. The number of rotatable bonds is 6. The Labute approximate surface area is 173 Å². The van der Waals surface area contributed by atoms with Crippen LogP contribution in [-0.2, 0) is 13.7 Å². The van der Waals surface area contributed by atoms with E-state index >= 15 is 0 Å². The quantitative estimate of drug-likeness (QED) is 0.668. The molecule has 1 aromatic carbocycles. The lowest BCUT2D eigenvalue weighted by atomic mass is 10.1. The average Bonchev–Trinajstić information content (AvgIpc) is 3.30. The van der Waals surface area contributed by atoms with E-state index in [1.807, 2.05) is 5.01 Å². The van der Waals surface area contributed by atoms with E-state index in [-0.39, 0.29) is 18.3 Å². The number of carbonyl (C=O) groups excluding carboxylic acids is 1. The number of carbonyl (C=O) groups is 1. The minimum atomic E-state index is -0.319. The zero-order valence-electron chi connectivity index (χ0n) is 17.0. The smallest absolute Gasteiger partial charge is 0.283 e. The molecule has 30 heavy (non-hydrogen) atoms. The highest BCUT2D eigenvalue weighted by Crippen LogP contribution is 2.26. The van der Waals surface area contributed by atoms with Crippen LogP contribution in [0.5, 0.6) is 5.88 Å². The van der Waals surface area contributed by atoms with Gasteiger partial charge in [-0.1, -0.05) is 11.6 Å². The third kappa shape index (κ3) is 4.35. The van der Waals surface area contributed by atoms with Gasteiger partial charge < -0.3 is 9.26 Å². The van der Waals surface area contributed by atoms with E-state index in [2.05, 4.69) is 15.7 Å². The van der Waals surface area contributed by atoms with Gasteiger partial charge in [-0.2, -0.15) is 0 Å². The number of benzene rings is 1. The van der Waals surface area contributed by atoms with Gasteiger partial charge >= 0.3 is 0 Å². The first kappa shape index (κ1) is 20.1. The standard InChI is InChI=1S/C21H24FN5O3/c1-14-17(20(25-30-14)15-6-8-16(22)9-7-15)13-29-19-12-18(26(2)23-19)21(28)24-27-10-4-3-5-11-27/h6-9,12H,3-5,10-11,13H2,1-2H3,(H,24,28). The lowest BCUT2D eigenvalue weighted by Gasteiger charge is -2.26. The molecule has 0 bridgehead atoms. The number of aryl methyl sites for hydroxylation is 2. The Morgan fingerprint density at radius 3 is 2.70 bits per heavy atom. The molecule has 3 aromatic rings. The van der Waals surface area contributed by atoms with Crippen molar-refractivity contribution in [1.82, 2.24) is 25.4 Å². The Kier molecular flexibility index (Phi) is 5.80. The third-order valence-corrected chi connectivity index (χ3v) is 5.17. The number of aromatic nitrogens is 3. The van der Waals surface area contributed by atoms with Crippen LogP contribution < -0.4 is 10.2 Å². The van der Waals surface area contributed by atoms with Gasteiger partial charge in [-0.25, -0.2) is 9.40 Å². The van der Waals surface area contributed by atoms with Crippen LogP contribution in [0.25, 0.3) is 11.3 Å². The molecular weight excluding hydrogens is 389 g/mol. The Morgan fingerprint density at radius 2 is 1.97 bits per heavy atom. The summed E-state index contributed by atoms with van der Waals surface area (Å²) in [6.45, 7) is 3.65. The summed E-state index contributed by atoms with van der Waals surface area (Å²) in [6, 6.07) is 7.63. The van der Waals surface area contributed by atoms with Gasteiger partial charge in [0, 0.05) is 31.8 Å². The largest absolute Gasteiger partial charge is 0.471 e. The van der Waals surface area contributed by atoms with Crippen LogP contribution >= 0.6 is 0 Å². The minimum absolute atomic E-state index is 0.159. The van der Waals surface area contributed by atoms with Crippen LogP contribution in [0.15, 0.2) is 34.9 Å². The summed E-state index contributed by atoms with van der Waals surface area (Å²) in [5.41, 5.74) is 5.40. The Hall–Kier alpha value is -3.20. The van der Waals surface area contributed by atoms with Crippen molar-refractivity contribution in [3.63, 3.8) is 0 Å². The molecule has 1 saturated heterocycles. The molecule has 0 saturated carbocycles. The average molecular weight is 413 g/mol. The van der Waals surface area contributed by atoms with Crippen LogP contribution in [-0.4, -0.2) is 38.9 Å². The lowest BCUT2D eigenvalue weighted by Crippen LogP contribution is -2.45. The Balaban J connectivity index is 1.45. The Bertz CT molecular complexity index is 1020. The SMILES string of the molecule is Cc1onc(-c2ccc(F)cc2)c1COc1cc(C(=O)NN2CCCCC2)n(C)n1. The highest BCUT2D eigenvalue weighted by molar-refractivity contribution is 5.92. The summed E-state index contributed by atoms with van der Waals surface area (Å²) >= 11 is 0. The second-order valence-corrected chi connectivity index (χ2v) is 7.34. The molecule has 1 N–H and O–H groups in total. The van der Waals surface area contributed by atoms with Gasteiger partial charge in [-0.3, -0.25) is 14.9 Å². The van der Waals surface area contributed by atoms with Crippen molar-refractivity contribution in [2.24, 2.45) is 7.05 Å². The number of hydrogen-bond donors (Lipinski definition) is 1. The lowest BCUT2D eigenvalue weighted by molar-refractivity contribution is 0.0740. The molecule has 9 heteroatoms. The van der Waals surface area contributed by atoms with Crippen LogP contribution in [0.1, 0.15) is 41.1 Å². The molecule has 4 rings (SSSR count). The predicted octanol–water partition coefficient (Wildman–Crippen LogP) is 3.23. The van der Waals surface area contributed by atoms with Crippen molar-refractivity contribution < 1.29 is 18.4 Å². The summed E-state index contributed by atoms with van der Waals surface area (Å²) in [5.74, 6) is 0.399. The second-order valence-electron chi connectivity index (χ2n) is 7.34. The third-order valence-electron chi connectivity index (χ3n) is 5.17. The first-order valence-corrected chi connectivity index (χ1v) is 9.95. The zero-order valence-corrected chi connectivity index (χ0v) is 17.0. The molecule has 0 spiro atoms. The van der Waals surface area contributed by atoms with Gasteiger partial charge in [0.25, 0.3) is 5.91 Å². The van der Waals surface area contributed by atoms with Crippen molar-refractivity contribution in [3.05, 3.63) is 53.2 Å². The van der Waals surface area contributed by atoms with Gasteiger partial charge in [0.1, 0.15) is 29.6 Å². The van der Waals surface area contributed by atoms with E-state index in [4.69, 9.17) is 9.26 Å².